The minimum Gasteiger partial charge on any atom is -0.315 e. The first-order valence-electron chi connectivity index (χ1n) is 10.0. The molecule has 1 aliphatic heterocycles. The first kappa shape index (κ1) is 18.8. The average Bonchev–Trinajstić information content (AvgIpc) is 3.40. The van der Waals surface area contributed by atoms with Crippen LogP contribution >= 0.6 is 0 Å². The molecule has 0 aliphatic carbocycles. The lowest BCUT2D eigenvalue weighted by molar-refractivity contribution is -0.130. The van der Waals surface area contributed by atoms with Crippen molar-refractivity contribution in [3.63, 3.8) is 0 Å². The van der Waals surface area contributed by atoms with E-state index in [2.05, 4.69) is 10.4 Å². The van der Waals surface area contributed by atoms with Crippen molar-refractivity contribution in [2.75, 3.05) is 0 Å². The number of nitrogens with one attached hydrogen (secondary N) is 1. The van der Waals surface area contributed by atoms with Gasteiger partial charge in [0.25, 0.3) is 5.91 Å². The van der Waals surface area contributed by atoms with Gasteiger partial charge in [0.15, 0.2) is 5.54 Å². The zero-order valence-corrected chi connectivity index (χ0v) is 16.7. The van der Waals surface area contributed by atoms with Crippen molar-refractivity contribution in [2.24, 2.45) is 0 Å². The molecule has 1 saturated heterocycles. The molecule has 31 heavy (non-hydrogen) atoms. The Balaban J connectivity index is 1.50. The van der Waals surface area contributed by atoms with Crippen LogP contribution in [0, 0.1) is 0 Å². The van der Waals surface area contributed by atoms with Gasteiger partial charge in [-0.2, -0.15) is 5.10 Å². The third kappa shape index (κ3) is 3.18. The van der Waals surface area contributed by atoms with Gasteiger partial charge in [-0.1, -0.05) is 78.9 Å². The number of para-hydroxylation sites is 1. The van der Waals surface area contributed by atoms with E-state index in [1.807, 2.05) is 97.2 Å². The summed E-state index contributed by atoms with van der Waals surface area (Å²) in [6, 6.07) is 28.0. The van der Waals surface area contributed by atoms with E-state index in [-0.39, 0.29) is 12.5 Å². The van der Waals surface area contributed by atoms with E-state index in [9.17, 15) is 9.59 Å². The smallest absolute Gasteiger partial charge is 0.315 e. The number of benzene rings is 3. The second-order valence-corrected chi connectivity index (χ2v) is 7.43. The van der Waals surface area contributed by atoms with E-state index in [0.717, 1.165) is 22.4 Å². The number of carbonyl (C=O) groups excluding carboxylic acids is 2. The highest BCUT2D eigenvalue weighted by molar-refractivity contribution is 6.09. The van der Waals surface area contributed by atoms with Crippen molar-refractivity contribution < 1.29 is 9.59 Å². The lowest BCUT2D eigenvalue weighted by atomic mass is 9.82. The number of amides is 3. The van der Waals surface area contributed by atoms with Gasteiger partial charge in [0.05, 0.1) is 18.4 Å². The molecule has 0 atom stereocenters. The Morgan fingerprint density at radius 3 is 1.90 bits per heavy atom. The van der Waals surface area contributed by atoms with Gasteiger partial charge in [-0.15, -0.1) is 0 Å². The van der Waals surface area contributed by atoms with E-state index in [1.54, 1.807) is 10.9 Å². The van der Waals surface area contributed by atoms with Crippen molar-refractivity contribution in [1.82, 2.24) is 20.0 Å². The highest BCUT2D eigenvalue weighted by Crippen LogP contribution is 2.36. The standard InChI is InChI=1S/C25H20N4O2/c30-23-25(20-10-4-1-5-11-20,21-12-6-2-7-13-21)27-24(31)28(23)17-19-16-26-29(18-19)22-14-8-3-9-15-22/h1-16,18H,17H2,(H,27,31). The fourth-order valence-electron chi connectivity index (χ4n) is 4.00. The molecule has 1 aromatic heterocycles. The lowest BCUT2D eigenvalue weighted by Gasteiger charge is -2.28. The minimum atomic E-state index is -1.25. The van der Waals surface area contributed by atoms with Crippen molar-refractivity contribution in [3.8, 4) is 5.69 Å². The second-order valence-electron chi connectivity index (χ2n) is 7.43. The van der Waals surface area contributed by atoms with Gasteiger partial charge < -0.3 is 5.32 Å². The Labute approximate surface area is 179 Å². The van der Waals surface area contributed by atoms with Crippen LogP contribution in [0.25, 0.3) is 5.69 Å². The van der Waals surface area contributed by atoms with Crippen LogP contribution in [0.4, 0.5) is 4.79 Å². The van der Waals surface area contributed by atoms with Crippen LogP contribution in [-0.4, -0.2) is 26.6 Å². The topological polar surface area (TPSA) is 67.2 Å². The molecule has 0 spiro atoms. The molecule has 152 valence electrons. The first-order valence-corrected chi connectivity index (χ1v) is 10.0. The molecule has 1 aliphatic rings. The molecule has 0 unspecified atom stereocenters. The molecule has 6 nitrogen and oxygen atoms in total. The van der Waals surface area contributed by atoms with Gasteiger partial charge >= 0.3 is 6.03 Å². The summed E-state index contributed by atoms with van der Waals surface area (Å²) in [5.74, 6) is -0.303. The highest BCUT2D eigenvalue weighted by atomic mass is 16.2. The largest absolute Gasteiger partial charge is 0.325 e. The fraction of sp³-hybridized carbons (Fsp3) is 0.0800. The number of aromatic nitrogens is 2. The van der Waals surface area contributed by atoms with Crippen LogP contribution in [0.5, 0.6) is 0 Å². The molecule has 3 aromatic carbocycles. The van der Waals surface area contributed by atoms with E-state index in [4.69, 9.17) is 0 Å². The fourth-order valence-corrected chi connectivity index (χ4v) is 4.00. The van der Waals surface area contributed by atoms with Crippen LogP contribution in [0.15, 0.2) is 103 Å². The Bertz CT molecular complexity index is 1180. The predicted octanol–water partition coefficient (Wildman–Crippen LogP) is 3.87. The summed E-state index contributed by atoms with van der Waals surface area (Å²) in [7, 11) is 0. The normalized spacial score (nSPS) is 15.2. The van der Waals surface area contributed by atoms with Gasteiger partial charge in [-0.05, 0) is 23.3 Å². The molecular formula is C25H20N4O2. The summed E-state index contributed by atoms with van der Waals surface area (Å²) in [5.41, 5.74) is 1.87. The van der Waals surface area contributed by atoms with E-state index >= 15 is 0 Å². The zero-order chi connectivity index (χ0) is 21.3. The van der Waals surface area contributed by atoms with Crippen molar-refractivity contribution in [1.29, 1.82) is 0 Å². The molecule has 1 fully saturated rings. The zero-order valence-electron chi connectivity index (χ0n) is 16.7. The summed E-state index contributed by atoms with van der Waals surface area (Å²) in [4.78, 5) is 28.0. The monoisotopic (exact) mass is 408 g/mol. The summed E-state index contributed by atoms with van der Waals surface area (Å²) in [5, 5.41) is 7.35. The Morgan fingerprint density at radius 2 is 1.32 bits per heavy atom. The van der Waals surface area contributed by atoms with Gasteiger partial charge in [-0.25, -0.2) is 9.48 Å². The van der Waals surface area contributed by atoms with Crippen LogP contribution < -0.4 is 5.32 Å². The quantitative estimate of drug-likeness (QED) is 0.510. The van der Waals surface area contributed by atoms with Gasteiger partial charge in [0.1, 0.15) is 0 Å². The minimum absolute atomic E-state index is 0.138. The number of urea groups is 1. The molecule has 0 radical (unpaired) electrons. The van der Waals surface area contributed by atoms with Gasteiger partial charge in [-0.3, -0.25) is 9.69 Å². The van der Waals surface area contributed by atoms with E-state index in [0.29, 0.717) is 0 Å². The van der Waals surface area contributed by atoms with E-state index in [1.165, 1.54) is 4.90 Å². The number of carbonyl (C=O) groups is 2. The first-order chi connectivity index (χ1) is 15.2. The molecule has 2 heterocycles. The maximum absolute atomic E-state index is 13.7. The molecule has 0 bridgehead atoms. The lowest BCUT2D eigenvalue weighted by Crippen LogP contribution is -2.45. The molecule has 4 aromatic rings. The average molecular weight is 408 g/mol. The third-order valence-corrected chi connectivity index (χ3v) is 5.52. The van der Waals surface area contributed by atoms with Gasteiger partial charge in [0.2, 0.25) is 0 Å². The summed E-state index contributed by atoms with van der Waals surface area (Å²) in [6.45, 7) is 0.138. The summed E-state index contributed by atoms with van der Waals surface area (Å²) in [6.07, 6.45) is 3.51. The number of rotatable bonds is 5. The summed E-state index contributed by atoms with van der Waals surface area (Å²) >= 11 is 0. The van der Waals surface area contributed by atoms with Gasteiger partial charge in [0, 0.05) is 11.8 Å². The van der Waals surface area contributed by atoms with Crippen LogP contribution in [0.2, 0.25) is 0 Å². The maximum Gasteiger partial charge on any atom is 0.325 e. The molecule has 3 amide bonds. The maximum atomic E-state index is 13.7. The molecular weight excluding hydrogens is 388 g/mol. The SMILES string of the molecule is O=C1NC(c2ccccc2)(c2ccccc2)C(=O)N1Cc1cnn(-c2ccccc2)c1. The Hall–Kier alpha value is -4.19. The predicted molar refractivity (Wildman–Crippen MR) is 116 cm³/mol. The third-order valence-electron chi connectivity index (χ3n) is 5.52. The number of hydrogen-bond acceptors (Lipinski definition) is 3. The van der Waals surface area contributed by atoms with Crippen LogP contribution in [0.3, 0.4) is 0 Å². The van der Waals surface area contributed by atoms with Crippen LogP contribution in [-0.2, 0) is 16.9 Å². The highest BCUT2D eigenvalue weighted by Gasteiger charge is 2.53. The molecule has 0 saturated carbocycles. The van der Waals surface area contributed by atoms with Crippen molar-refractivity contribution in [2.45, 2.75) is 12.1 Å². The second kappa shape index (κ2) is 7.57. The Morgan fingerprint density at radius 1 is 0.774 bits per heavy atom. The van der Waals surface area contributed by atoms with Crippen LogP contribution in [0.1, 0.15) is 16.7 Å². The Kier molecular flexibility index (Phi) is 4.59. The number of nitrogens with zero attached hydrogens (tertiary/aromatic N) is 3. The molecule has 6 heteroatoms. The van der Waals surface area contributed by atoms with Crippen molar-refractivity contribution >= 4 is 11.9 Å². The van der Waals surface area contributed by atoms with Crippen molar-refractivity contribution in [3.05, 3.63) is 120 Å². The van der Waals surface area contributed by atoms with E-state index < -0.39 is 11.6 Å². The summed E-state index contributed by atoms with van der Waals surface area (Å²) < 4.78 is 1.73. The number of imide groups is 1. The molecule has 5 rings (SSSR count). The molecule has 1 N–H and O–H groups in total. The number of hydrogen-bond donors (Lipinski definition) is 1.